The molecule has 1 aliphatic heterocycles. The van der Waals surface area contributed by atoms with E-state index in [9.17, 15) is 14.0 Å². The number of nitrogen functional groups attached to an aromatic ring is 1. The highest BCUT2D eigenvalue weighted by molar-refractivity contribution is 9.10. The minimum absolute atomic E-state index is 0.142. The van der Waals surface area contributed by atoms with E-state index in [0.29, 0.717) is 27.6 Å². The quantitative estimate of drug-likeness (QED) is 0.579. The Morgan fingerprint density at radius 1 is 1.33 bits per heavy atom. The normalized spacial score (nSPS) is 16.1. The summed E-state index contributed by atoms with van der Waals surface area (Å²) in [5.41, 5.74) is 7.61. The molecular weight excluding hydrogens is 437 g/mol. The minimum atomic E-state index is -0.503. The van der Waals surface area contributed by atoms with Crippen LogP contribution in [0.4, 0.5) is 15.1 Å². The number of rotatable bonds is 2. The first-order chi connectivity index (χ1) is 12.9. The fourth-order valence-corrected chi connectivity index (χ4v) is 3.97. The molecule has 1 aromatic carbocycles. The maximum absolute atomic E-state index is 14.8. The third-order valence-corrected chi connectivity index (χ3v) is 5.91. The molecule has 0 spiro atoms. The lowest BCUT2D eigenvalue weighted by Gasteiger charge is -2.06. The molecular formula is C17H11BrFN5O2S. The summed E-state index contributed by atoms with van der Waals surface area (Å²) in [6.45, 7) is 0. The zero-order chi connectivity index (χ0) is 19.3. The summed E-state index contributed by atoms with van der Waals surface area (Å²) in [5.74, 6) is -0.779. The van der Waals surface area contributed by atoms with Crippen LogP contribution in [0.25, 0.3) is 28.1 Å². The van der Waals surface area contributed by atoms with Gasteiger partial charge in [-0.05, 0) is 45.4 Å². The molecule has 136 valence electrons. The zero-order valence-corrected chi connectivity index (χ0v) is 16.2. The van der Waals surface area contributed by atoms with E-state index in [-0.39, 0.29) is 20.6 Å². The minimum Gasteiger partial charge on any atom is -0.368 e. The number of carbonyl (C=O) groups excluding carboxylic acids is 2. The summed E-state index contributed by atoms with van der Waals surface area (Å²) in [6, 6.07) is 1.73. The number of hydrogen-bond acceptors (Lipinski definition) is 6. The standard InChI is InChI=1S/C17H11BrFN5O2S/c1-24-15(25)11(27-17(24)26)3-7-2-9-10(8-4-22-16(20)23-5-8)6-21-14(9)13(19)12(7)18/h2-6,21H,1H3,(H2,20,22,23)/b11-3-. The van der Waals surface area contributed by atoms with Crippen LogP contribution in [0, 0.1) is 5.82 Å². The van der Waals surface area contributed by atoms with Gasteiger partial charge in [0.2, 0.25) is 5.95 Å². The molecule has 1 fully saturated rings. The molecule has 3 N–H and O–H groups in total. The van der Waals surface area contributed by atoms with Crippen molar-refractivity contribution in [3.63, 3.8) is 0 Å². The van der Waals surface area contributed by atoms with Crippen molar-refractivity contribution in [2.24, 2.45) is 0 Å². The van der Waals surface area contributed by atoms with Crippen LogP contribution in [-0.4, -0.2) is 38.0 Å². The second kappa shape index (κ2) is 6.46. The van der Waals surface area contributed by atoms with Crippen molar-refractivity contribution in [1.82, 2.24) is 19.9 Å². The van der Waals surface area contributed by atoms with Crippen molar-refractivity contribution < 1.29 is 14.0 Å². The van der Waals surface area contributed by atoms with Crippen LogP contribution in [0.2, 0.25) is 0 Å². The van der Waals surface area contributed by atoms with Crippen molar-refractivity contribution in [2.75, 3.05) is 12.8 Å². The van der Waals surface area contributed by atoms with E-state index in [2.05, 4.69) is 30.9 Å². The number of nitrogens with zero attached hydrogens (tertiary/aromatic N) is 3. The molecule has 7 nitrogen and oxygen atoms in total. The van der Waals surface area contributed by atoms with Gasteiger partial charge in [0.25, 0.3) is 11.1 Å². The smallest absolute Gasteiger partial charge is 0.293 e. The number of fused-ring (bicyclic) bond motifs is 1. The molecule has 0 aliphatic carbocycles. The first-order valence-electron chi connectivity index (χ1n) is 7.65. The van der Waals surface area contributed by atoms with Gasteiger partial charge in [-0.2, -0.15) is 0 Å². The van der Waals surface area contributed by atoms with Crippen LogP contribution in [0.15, 0.2) is 34.0 Å². The third-order valence-electron chi connectivity index (χ3n) is 4.14. The van der Waals surface area contributed by atoms with Gasteiger partial charge in [-0.15, -0.1) is 0 Å². The highest BCUT2D eigenvalue weighted by atomic mass is 79.9. The molecule has 0 unspecified atom stereocenters. The molecule has 27 heavy (non-hydrogen) atoms. The van der Waals surface area contributed by atoms with Gasteiger partial charge in [0, 0.05) is 42.2 Å². The van der Waals surface area contributed by atoms with Crippen molar-refractivity contribution in [3.8, 4) is 11.1 Å². The lowest BCUT2D eigenvalue weighted by Crippen LogP contribution is -2.22. The van der Waals surface area contributed by atoms with Crippen molar-refractivity contribution in [3.05, 3.63) is 45.4 Å². The summed E-state index contributed by atoms with van der Waals surface area (Å²) < 4.78 is 15.0. The second-order valence-electron chi connectivity index (χ2n) is 5.79. The largest absolute Gasteiger partial charge is 0.368 e. The number of amides is 2. The predicted molar refractivity (Wildman–Crippen MR) is 105 cm³/mol. The van der Waals surface area contributed by atoms with Gasteiger partial charge in [-0.3, -0.25) is 14.5 Å². The van der Waals surface area contributed by atoms with E-state index in [4.69, 9.17) is 5.73 Å². The Hall–Kier alpha value is -2.72. The molecule has 1 saturated heterocycles. The number of halogens is 2. The van der Waals surface area contributed by atoms with Crippen LogP contribution >= 0.6 is 27.7 Å². The number of aromatic amines is 1. The Morgan fingerprint density at radius 3 is 2.67 bits per heavy atom. The molecule has 0 saturated carbocycles. The van der Waals surface area contributed by atoms with Crippen LogP contribution < -0.4 is 5.73 Å². The topological polar surface area (TPSA) is 105 Å². The molecule has 3 heterocycles. The number of carbonyl (C=O) groups is 2. The Bertz CT molecular complexity index is 1140. The van der Waals surface area contributed by atoms with Gasteiger partial charge >= 0.3 is 0 Å². The first-order valence-corrected chi connectivity index (χ1v) is 9.26. The Kier molecular flexibility index (Phi) is 4.23. The second-order valence-corrected chi connectivity index (χ2v) is 7.58. The maximum Gasteiger partial charge on any atom is 0.293 e. The van der Waals surface area contributed by atoms with Crippen LogP contribution in [0.5, 0.6) is 0 Å². The number of benzene rings is 1. The molecule has 2 aromatic heterocycles. The lowest BCUT2D eigenvalue weighted by molar-refractivity contribution is -0.121. The van der Waals surface area contributed by atoms with E-state index in [1.807, 2.05) is 0 Å². The van der Waals surface area contributed by atoms with Gasteiger partial charge in [0.1, 0.15) is 0 Å². The predicted octanol–water partition coefficient (Wildman–Crippen LogP) is 3.77. The van der Waals surface area contributed by atoms with Crippen LogP contribution in [-0.2, 0) is 4.79 Å². The summed E-state index contributed by atoms with van der Waals surface area (Å²) in [7, 11) is 1.41. The Labute approximate surface area is 165 Å². The third kappa shape index (κ3) is 2.90. The number of aromatic nitrogens is 3. The number of thioether (sulfide) groups is 1. The number of nitrogens with two attached hydrogens (primary N) is 1. The summed E-state index contributed by atoms with van der Waals surface area (Å²) in [6.07, 6.45) is 6.25. The fourth-order valence-electron chi connectivity index (χ4n) is 2.73. The van der Waals surface area contributed by atoms with Gasteiger partial charge in [-0.1, -0.05) is 0 Å². The summed E-state index contributed by atoms with van der Waals surface area (Å²) in [4.78, 5) is 35.9. The van der Waals surface area contributed by atoms with E-state index in [1.165, 1.54) is 13.1 Å². The van der Waals surface area contributed by atoms with Gasteiger partial charge in [0.15, 0.2) is 5.82 Å². The molecule has 10 heteroatoms. The van der Waals surface area contributed by atoms with E-state index >= 15 is 0 Å². The maximum atomic E-state index is 14.8. The van der Waals surface area contributed by atoms with Gasteiger partial charge < -0.3 is 10.7 Å². The van der Waals surface area contributed by atoms with Crippen LogP contribution in [0.1, 0.15) is 5.56 Å². The molecule has 0 bridgehead atoms. The SMILES string of the molecule is CN1C(=O)S/C(=C\c2cc3c(-c4cnc(N)nc4)c[nH]c3c(F)c2Br)C1=O. The molecule has 1 aliphatic rings. The Morgan fingerprint density at radius 2 is 2.04 bits per heavy atom. The number of H-pyrrole nitrogens is 1. The molecule has 2 amide bonds. The average molecular weight is 448 g/mol. The van der Waals surface area contributed by atoms with E-state index in [0.717, 1.165) is 16.7 Å². The highest BCUT2D eigenvalue weighted by Crippen LogP contribution is 2.38. The zero-order valence-electron chi connectivity index (χ0n) is 13.8. The number of imide groups is 1. The summed E-state index contributed by atoms with van der Waals surface area (Å²) >= 11 is 4.05. The number of nitrogens with one attached hydrogen (secondary N) is 1. The number of hydrogen-bond donors (Lipinski definition) is 2. The molecule has 3 aromatic rings. The first kappa shape index (κ1) is 17.7. The fraction of sp³-hybridized carbons (Fsp3) is 0.0588. The molecule has 4 rings (SSSR count). The van der Waals surface area contributed by atoms with E-state index < -0.39 is 11.7 Å². The van der Waals surface area contributed by atoms with Crippen molar-refractivity contribution in [2.45, 2.75) is 0 Å². The van der Waals surface area contributed by atoms with Crippen molar-refractivity contribution in [1.29, 1.82) is 0 Å². The van der Waals surface area contributed by atoms with E-state index in [1.54, 1.807) is 24.7 Å². The molecule has 0 radical (unpaired) electrons. The van der Waals surface area contributed by atoms with Gasteiger partial charge in [-0.25, -0.2) is 14.4 Å². The van der Waals surface area contributed by atoms with Crippen LogP contribution in [0.3, 0.4) is 0 Å². The average Bonchev–Trinajstić information content (AvgIpc) is 3.17. The monoisotopic (exact) mass is 447 g/mol. The molecule has 0 atom stereocenters. The number of anilines is 1. The lowest BCUT2D eigenvalue weighted by atomic mass is 10.0. The highest BCUT2D eigenvalue weighted by Gasteiger charge is 2.32. The summed E-state index contributed by atoms with van der Waals surface area (Å²) in [5, 5.41) is 0.219. The number of likely N-dealkylation sites (N-methyl/N-ethyl adjacent to an activating group) is 1. The van der Waals surface area contributed by atoms with Crippen molar-refractivity contribution >= 4 is 61.8 Å². The van der Waals surface area contributed by atoms with Gasteiger partial charge in [0.05, 0.1) is 14.9 Å². The Balaban J connectivity index is 1.89.